The monoisotopic (exact) mass is 390 g/mol. The molecule has 0 heterocycles. The lowest BCUT2D eigenvalue weighted by atomic mass is 10.1. The van der Waals surface area contributed by atoms with Crippen molar-refractivity contribution in [2.75, 3.05) is 32.6 Å². The smallest absolute Gasteiger partial charge is 0.255 e. The molecule has 0 saturated carbocycles. The number of carbonyl (C=O) groups is 1. The number of para-hydroxylation sites is 1. The SMILES string of the molecule is COc1ccc(NC(=O)c2ccc(CN(C)CCOc3ccccc3)cc2)cc1. The average Bonchev–Trinajstić information content (AvgIpc) is 2.75. The standard InChI is InChI=1S/C24H26N2O3/c1-26(16-17-29-23-6-4-3-5-7-23)18-19-8-10-20(11-9-19)24(27)25-21-12-14-22(28-2)15-13-21/h3-15H,16-18H2,1-2H3,(H,25,27). The second-order valence-corrected chi connectivity index (χ2v) is 6.78. The number of hydrogen-bond donors (Lipinski definition) is 1. The lowest BCUT2D eigenvalue weighted by Crippen LogP contribution is -2.24. The highest BCUT2D eigenvalue weighted by atomic mass is 16.5. The average molecular weight is 390 g/mol. The molecule has 0 aliphatic carbocycles. The summed E-state index contributed by atoms with van der Waals surface area (Å²) in [5.41, 5.74) is 2.51. The van der Waals surface area contributed by atoms with Gasteiger partial charge in [-0.05, 0) is 61.1 Å². The third kappa shape index (κ3) is 6.36. The van der Waals surface area contributed by atoms with Crippen molar-refractivity contribution < 1.29 is 14.3 Å². The van der Waals surface area contributed by atoms with Crippen LogP contribution >= 0.6 is 0 Å². The van der Waals surface area contributed by atoms with E-state index in [-0.39, 0.29) is 5.91 Å². The summed E-state index contributed by atoms with van der Waals surface area (Å²) in [6.07, 6.45) is 0. The molecule has 0 bridgehead atoms. The Hall–Kier alpha value is -3.31. The van der Waals surface area contributed by atoms with E-state index in [1.54, 1.807) is 7.11 Å². The van der Waals surface area contributed by atoms with Crippen molar-refractivity contribution in [2.24, 2.45) is 0 Å². The molecule has 0 aromatic heterocycles. The minimum Gasteiger partial charge on any atom is -0.497 e. The number of nitrogens with one attached hydrogen (secondary N) is 1. The number of anilines is 1. The molecule has 3 rings (SSSR count). The van der Waals surface area contributed by atoms with Gasteiger partial charge in [-0.25, -0.2) is 0 Å². The first-order chi connectivity index (χ1) is 14.1. The maximum Gasteiger partial charge on any atom is 0.255 e. The molecule has 5 heteroatoms. The predicted octanol–water partition coefficient (Wildman–Crippen LogP) is 4.46. The number of likely N-dealkylation sites (N-methyl/N-ethyl adjacent to an activating group) is 1. The van der Waals surface area contributed by atoms with Gasteiger partial charge in [-0.15, -0.1) is 0 Å². The molecule has 0 fully saturated rings. The zero-order valence-corrected chi connectivity index (χ0v) is 16.8. The van der Waals surface area contributed by atoms with Gasteiger partial charge >= 0.3 is 0 Å². The number of methoxy groups -OCH3 is 1. The highest BCUT2D eigenvalue weighted by molar-refractivity contribution is 6.04. The van der Waals surface area contributed by atoms with Crippen LogP contribution < -0.4 is 14.8 Å². The van der Waals surface area contributed by atoms with Crippen LogP contribution in [0.3, 0.4) is 0 Å². The Bertz CT molecular complexity index is 894. The van der Waals surface area contributed by atoms with Crippen LogP contribution in [0.2, 0.25) is 0 Å². The Labute approximate surface area is 171 Å². The van der Waals surface area contributed by atoms with Crippen molar-refractivity contribution in [2.45, 2.75) is 6.54 Å². The Kier molecular flexibility index (Phi) is 7.25. The Morgan fingerprint density at radius 3 is 2.24 bits per heavy atom. The fourth-order valence-electron chi connectivity index (χ4n) is 2.87. The summed E-state index contributed by atoms with van der Waals surface area (Å²) in [4.78, 5) is 14.6. The lowest BCUT2D eigenvalue weighted by molar-refractivity contribution is 0.102. The number of hydrogen-bond acceptors (Lipinski definition) is 4. The van der Waals surface area contributed by atoms with E-state index >= 15 is 0 Å². The highest BCUT2D eigenvalue weighted by Crippen LogP contribution is 2.16. The highest BCUT2D eigenvalue weighted by Gasteiger charge is 2.07. The van der Waals surface area contributed by atoms with E-state index < -0.39 is 0 Å². The summed E-state index contributed by atoms with van der Waals surface area (Å²) in [6, 6.07) is 24.7. The number of ether oxygens (including phenoxy) is 2. The van der Waals surface area contributed by atoms with E-state index in [1.165, 1.54) is 0 Å². The quantitative estimate of drug-likeness (QED) is 0.586. The largest absolute Gasteiger partial charge is 0.497 e. The molecule has 0 atom stereocenters. The van der Waals surface area contributed by atoms with E-state index in [2.05, 4.69) is 17.3 Å². The molecule has 0 aliphatic rings. The summed E-state index contributed by atoms with van der Waals surface area (Å²) in [7, 11) is 3.67. The van der Waals surface area contributed by atoms with Gasteiger partial charge in [-0.3, -0.25) is 9.69 Å². The van der Waals surface area contributed by atoms with Crippen LogP contribution in [-0.2, 0) is 6.54 Å². The van der Waals surface area contributed by atoms with Crippen molar-refractivity contribution >= 4 is 11.6 Å². The lowest BCUT2D eigenvalue weighted by Gasteiger charge is -2.17. The molecule has 0 unspecified atom stereocenters. The first-order valence-electron chi connectivity index (χ1n) is 9.55. The fraction of sp³-hybridized carbons (Fsp3) is 0.208. The van der Waals surface area contributed by atoms with Gasteiger partial charge < -0.3 is 14.8 Å². The Morgan fingerprint density at radius 1 is 0.897 bits per heavy atom. The first-order valence-corrected chi connectivity index (χ1v) is 9.55. The van der Waals surface area contributed by atoms with Gasteiger partial charge in [0.05, 0.1) is 7.11 Å². The van der Waals surface area contributed by atoms with E-state index in [1.807, 2.05) is 78.9 Å². The number of benzene rings is 3. The van der Waals surface area contributed by atoms with E-state index in [0.29, 0.717) is 12.2 Å². The van der Waals surface area contributed by atoms with Crippen LogP contribution in [0, 0.1) is 0 Å². The third-order valence-electron chi connectivity index (χ3n) is 4.50. The maximum atomic E-state index is 12.4. The summed E-state index contributed by atoms with van der Waals surface area (Å²) >= 11 is 0. The summed E-state index contributed by atoms with van der Waals surface area (Å²) in [5, 5.41) is 2.89. The molecular formula is C24H26N2O3. The van der Waals surface area contributed by atoms with Gasteiger partial charge in [-0.1, -0.05) is 30.3 Å². The molecule has 1 N–H and O–H groups in total. The zero-order valence-electron chi connectivity index (χ0n) is 16.8. The van der Waals surface area contributed by atoms with Gasteiger partial charge in [0.1, 0.15) is 18.1 Å². The molecule has 3 aromatic carbocycles. The minimum atomic E-state index is -0.133. The van der Waals surface area contributed by atoms with Gasteiger partial charge in [0.15, 0.2) is 0 Å². The number of nitrogens with zero attached hydrogens (tertiary/aromatic N) is 1. The molecular weight excluding hydrogens is 364 g/mol. The molecule has 0 radical (unpaired) electrons. The van der Waals surface area contributed by atoms with Gasteiger partial charge in [0.2, 0.25) is 0 Å². The van der Waals surface area contributed by atoms with Gasteiger partial charge in [-0.2, -0.15) is 0 Å². The predicted molar refractivity (Wildman–Crippen MR) is 116 cm³/mol. The maximum absolute atomic E-state index is 12.4. The molecule has 0 saturated heterocycles. The number of rotatable bonds is 9. The van der Waals surface area contributed by atoms with E-state index in [4.69, 9.17) is 9.47 Å². The van der Waals surface area contributed by atoms with Crippen molar-refractivity contribution in [3.05, 3.63) is 90.0 Å². The van der Waals surface area contributed by atoms with Gasteiger partial charge in [0, 0.05) is 24.3 Å². The molecule has 150 valence electrons. The Morgan fingerprint density at radius 2 is 1.59 bits per heavy atom. The summed E-state index contributed by atoms with van der Waals surface area (Å²) in [5.74, 6) is 1.50. The third-order valence-corrected chi connectivity index (χ3v) is 4.50. The summed E-state index contributed by atoms with van der Waals surface area (Å²) in [6.45, 7) is 2.23. The molecule has 3 aromatic rings. The Balaban J connectivity index is 1.46. The van der Waals surface area contributed by atoms with Crippen molar-refractivity contribution in [1.29, 1.82) is 0 Å². The van der Waals surface area contributed by atoms with Crippen molar-refractivity contribution in [1.82, 2.24) is 4.90 Å². The fourth-order valence-corrected chi connectivity index (χ4v) is 2.87. The molecule has 0 spiro atoms. The second kappa shape index (κ2) is 10.3. The van der Waals surface area contributed by atoms with E-state index in [0.717, 1.165) is 35.8 Å². The van der Waals surface area contributed by atoms with Crippen molar-refractivity contribution in [3.8, 4) is 11.5 Å². The van der Waals surface area contributed by atoms with Crippen LogP contribution in [0.4, 0.5) is 5.69 Å². The van der Waals surface area contributed by atoms with Crippen molar-refractivity contribution in [3.63, 3.8) is 0 Å². The van der Waals surface area contributed by atoms with E-state index in [9.17, 15) is 4.79 Å². The first kappa shape index (κ1) is 20.4. The van der Waals surface area contributed by atoms with Crippen LogP contribution in [0.5, 0.6) is 11.5 Å². The van der Waals surface area contributed by atoms with Crippen LogP contribution in [0.1, 0.15) is 15.9 Å². The van der Waals surface area contributed by atoms with Gasteiger partial charge in [0.25, 0.3) is 5.91 Å². The second-order valence-electron chi connectivity index (χ2n) is 6.78. The normalized spacial score (nSPS) is 10.6. The molecule has 0 aliphatic heterocycles. The van der Waals surface area contributed by atoms with Crippen LogP contribution in [0.25, 0.3) is 0 Å². The molecule has 1 amide bonds. The topological polar surface area (TPSA) is 50.8 Å². The number of amides is 1. The van der Waals surface area contributed by atoms with Crippen LogP contribution in [-0.4, -0.2) is 38.1 Å². The zero-order chi connectivity index (χ0) is 20.5. The molecule has 29 heavy (non-hydrogen) atoms. The summed E-state index contributed by atoms with van der Waals surface area (Å²) < 4.78 is 10.9. The van der Waals surface area contributed by atoms with Crippen LogP contribution in [0.15, 0.2) is 78.9 Å². The molecule has 5 nitrogen and oxygen atoms in total. The minimum absolute atomic E-state index is 0.133. The number of carbonyl (C=O) groups excluding carboxylic acids is 1.